The molecule has 0 rings (SSSR count). The summed E-state index contributed by atoms with van der Waals surface area (Å²) in [6.45, 7) is 7.11. The Bertz CT molecular complexity index is 755. The van der Waals surface area contributed by atoms with Crippen LogP contribution in [0.3, 0.4) is 0 Å². The molecule has 0 aromatic rings. The molecule has 0 radical (unpaired) electrons. The van der Waals surface area contributed by atoms with E-state index in [1.807, 2.05) is 0 Å². The number of rotatable bonds is 16. The highest BCUT2D eigenvalue weighted by Crippen LogP contribution is 2.09. The van der Waals surface area contributed by atoms with E-state index in [1.54, 1.807) is 27.7 Å². The molecule has 34 heavy (non-hydrogen) atoms. The molecule has 194 valence electrons. The van der Waals surface area contributed by atoms with Crippen LogP contribution in [0, 0.1) is 11.8 Å². The molecule has 0 saturated heterocycles. The van der Waals surface area contributed by atoms with Gasteiger partial charge in [0, 0.05) is 6.42 Å². The fourth-order valence-corrected chi connectivity index (χ4v) is 3.04. The minimum atomic E-state index is -1.47. The number of nitrogens with one attached hydrogen (secondary N) is 3. The van der Waals surface area contributed by atoms with E-state index >= 15 is 0 Å². The summed E-state index contributed by atoms with van der Waals surface area (Å²) in [7, 11) is 0. The number of carbonyl (C=O) groups excluding carboxylic acids is 4. The number of carboxylic acid groups (broad SMARTS) is 2. The molecule has 4 atom stereocenters. The zero-order valence-electron chi connectivity index (χ0n) is 20.0. The average Bonchev–Trinajstić information content (AvgIpc) is 2.68. The van der Waals surface area contributed by atoms with E-state index in [-0.39, 0.29) is 37.5 Å². The van der Waals surface area contributed by atoms with Gasteiger partial charge in [0.15, 0.2) is 0 Å². The number of carbonyl (C=O) groups is 6. The Hall–Kier alpha value is -3.22. The van der Waals surface area contributed by atoms with E-state index in [0.717, 1.165) is 0 Å². The molecule has 9 N–H and O–H groups in total. The molecule has 4 unspecified atom stereocenters. The van der Waals surface area contributed by atoms with E-state index in [1.165, 1.54) is 0 Å². The molecular formula is C21H37N5O8. The van der Waals surface area contributed by atoms with Crippen molar-refractivity contribution >= 4 is 35.6 Å². The Morgan fingerprint density at radius 1 is 0.735 bits per heavy atom. The minimum absolute atomic E-state index is 0.0541. The van der Waals surface area contributed by atoms with Crippen molar-refractivity contribution in [2.24, 2.45) is 23.3 Å². The summed E-state index contributed by atoms with van der Waals surface area (Å²) in [6.07, 6.45) is -0.794. The van der Waals surface area contributed by atoms with Crippen molar-refractivity contribution in [3.05, 3.63) is 0 Å². The first-order chi connectivity index (χ1) is 15.6. The molecule has 4 amide bonds. The minimum Gasteiger partial charge on any atom is -0.481 e. The van der Waals surface area contributed by atoms with Crippen LogP contribution in [-0.4, -0.2) is 69.9 Å². The summed E-state index contributed by atoms with van der Waals surface area (Å²) in [6, 6.07) is -5.02. The first-order valence-corrected chi connectivity index (χ1v) is 11.0. The van der Waals surface area contributed by atoms with Gasteiger partial charge in [-0.15, -0.1) is 0 Å². The van der Waals surface area contributed by atoms with Crippen LogP contribution in [-0.2, 0) is 28.8 Å². The van der Waals surface area contributed by atoms with Gasteiger partial charge in [-0.1, -0.05) is 27.7 Å². The first kappa shape index (κ1) is 30.8. The number of amides is 4. The average molecular weight is 488 g/mol. The third kappa shape index (κ3) is 12.7. The molecule has 0 aromatic heterocycles. The third-order valence-electron chi connectivity index (χ3n) is 4.71. The summed E-state index contributed by atoms with van der Waals surface area (Å²) < 4.78 is 0. The van der Waals surface area contributed by atoms with Gasteiger partial charge in [0.2, 0.25) is 23.6 Å². The largest absolute Gasteiger partial charge is 0.481 e. The van der Waals surface area contributed by atoms with Crippen molar-refractivity contribution in [2.75, 3.05) is 0 Å². The molecular weight excluding hydrogens is 450 g/mol. The zero-order valence-corrected chi connectivity index (χ0v) is 20.0. The number of hydrogen-bond donors (Lipinski definition) is 7. The van der Waals surface area contributed by atoms with Gasteiger partial charge in [-0.25, -0.2) is 4.79 Å². The number of hydrogen-bond acceptors (Lipinski definition) is 7. The van der Waals surface area contributed by atoms with Crippen LogP contribution in [0.15, 0.2) is 0 Å². The van der Waals surface area contributed by atoms with E-state index in [0.29, 0.717) is 0 Å². The predicted molar refractivity (Wildman–Crippen MR) is 121 cm³/mol. The van der Waals surface area contributed by atoms with Crippen molar-refractivity contribution < 1.29 is 39.0 Å². The summed E-state index contributed by atoms with van der Waals surface area (Å²) in [5.74, 6) is -5.89. The summed E-state index contributed by atoms with van der Waals surface area (Å²) >= 11 is 0. The van der Waals surface area contributed by atoms with Gasteiger partial charge in [0.25, 0.3) is 0 Å². The number of nitrogens with two attached hydrogens (primary N) is 2. The molecule has 13 heteroatoms. The molecule has 0 bridgehead atoms. The van der Waals surface area contributed by atoms with Crippen molar-refractivity contribution in [1.82, 2.24) is 16.0 Å². The Morgan fingerprint density at radius 3 is 1.62 bits per heavy atom. The molecule has 0 aliphatic rings. The molecule has 0 aliphatic heterocycles. The maximum Gasteiger partial charge on any atom is 0.326 e. The summed E-state index contributed by atoms with van der Waals surface area (Å²) in [5.41, 5.74) is 10.9. The third-order valence-corrected chi connectivity index (χ3v) is 4.71. The molecule has 13 nitrogen and oxygen atoms in total. The smallest absolute Gasteiger partial charge is 0.326 e. The lowest BCUT2D eigenvalue weighted by Crippen LogP contribution is -2.58. The lowest BCUT2D eigenvalue weighted by molar-refractivity contribution is -0.143. The van der Waals surface area contributed by atoms with Gasteiger partial charge in [-0.05, 0) is 31.1 Å². The molecule has 0 fully saturated rings. The fourth-order valence-electron chi connectivity index (χ4n) is 3.04. The molecule has 0 aromatic carbocycles. The SMILES string of the molecule is CC(C)CC(NC(=O)C(CC(N)=O)NC(=O)C(CC(C)C)NC(=O)C(N)CCC(=O)O)C(=O)O. The van der Waals surface area contributed by atoms with Crippen LogP contribution >= 0.6 is 0 Å². The van der Waals surface area contributed by atoms with Crippen LogP contribution in [0.4, 0.5) is 0 Å². The van der Waals surface area contributed by atoms with Gasteiger partial charge in [-0.3, -0.25) is 24.0 Å². The second-order valence-corrected chi connectivity index (χ2v) is 8.99. The van der Waals surface area contributed by atoms with Crippen molar-refractivity contribution in [1.29, 1.82) is 0 Å². The normalized spacial score (nSPS) is 14.6. The second-order valence-electron chi connectivity index (χ2n) is 8.99. The van der Waals surface area contributed by atoms with Crippen LogP contribution in [0.5, 0.6) is 0 Å². The van der Waals surface area contributed by atoms with E-state index in [9.17, 15) is 33.9 Å². The number of carboxylic acids is 2. The lowest BCUT2D eigenvalue weighted by Gasteiger charge is -2.26. The van der Waals surface area contributed by atoms with Crippen LogP contribution < -0.4 is 27.4 Å². The predicted octanol–water partition coefficient (Wildman–Crippen LogP) is -1.31. The standard InChI is InChI=1S/C21H37N5O8/c1-10(2)7-13(24-18(30)12(22)5-6-17(28)29)19(31)25-14(9-16(23)27)20(32)26-15(21(33)34)8-11(3)4/h10-15H,5-9,22H2,1-4H3,(H2,23,27)(H,24,30)(H,25,31)(H,26,32)(H,28,29)(H,33,34). The Labute approximate surface area is 198 Å². The maximum atomic E-state index is 12.9. The van der Waals surface area contributed by atoms with Crippen LogP contribution in [0.1, 0.15) is 59.8 Å². The second kappa shape index (κ2) is 14.8. The van der Waals surface area contributed by atoms with Crippen molar-refractivity contribution in [3.63, 3.8) is 0 Å². The van der Waals surface area contributed by atoms with E-state index in [4.69, 9.17) is 16.6 Å². The Balaban J connectivity index is 5.50. The van der Waals surface area contributed by atoms with Crippen molar-refractivity contribution in [2.45, 2.75) is 84.0 Å². The highest BCUT2D eigenvalue weighted by molar-refractivity contribution is 5.96. The molecule has 0 saturated carbocycles. The fraction of sp³-hybridized carbons (Fsp3) is 0.714. The highest BCUT2D eigenvalue weighted by Gasteiger charge is 2.31. The van der Waals surface area contributed by atoms with E-state index in [2.05, 4.69) is 16.0 Å². The molecule has 0 aliphatic carbocycles. The number of primary amides is 1. The first-order valence-electron chi connectivity index (χ1n) is 11.0. The van der Waals surface area contributed by atoms with Gasteiger partial charge in [0.1, 0.15) is 18.1 Å². The summed E-state index contributed by atoms with van der Waals surface area (Å²) in [5, 5.41) is 25.2. The van der Waals surface area contributed by atoms with Gasteiger partial charge >= 0.3 is 11.9 Å². The number of aliphatic carboxylic acids is 2. The topological polar surface area (TPSA) is 231 Å². The van der Waals surface area contributed by atoms with E-state index < -0.39 is 66.2 Å². The lowest BCUT2D eigenvalue weighted by atomic mass is 10.0. The molecule has 0 heterocycles. The maximum absolute atomic E-state index is 12.9. The zero-order chi connectivity index (χ0) is 26.6. The van der Waals surface area contributed by atoms with Gasteiger partial charge in [-0.2, -0.15) is 0 Å². The van der Waals surface area contributed by atoms with Gasteiger partial charge in [0.05, 0.1) is 12.5 Å². The quantitative estimate of drug-likeness (QED) is 0.137. The summed E-state index contributed by atoms with van der Waals surface area (Å²) in [4.78, 5) is 71.5. The van der Waals surface area contributed by atoms with Gasteiger partial charge < -0.3 is 37.6 Å². The van der Waals surface area contributed by atoms with Crippen LogP contribution in [0.2, 0.25) is 0 Å². The van der Waals surface area contributed by atoms with Crippen LogP contribution in [0.25, 0.3) is 0 Å². The van der Waals surface area contributed by atoms with Crippen molar-refractivity contribution in [3.8, 4) is 0 Å². The monoisotopic (exact) mass is 487 g/mol. The molecule has 0 spiro atoms. The highest BCUT2D eigenvalue weighted by atomic mass is 16.4. The Morgan fingerprint density at radius 2 is 1.18 bits per heavy atom. The Kier molecular flexibility index (Phi) is 13.4.